The van der Waals surface area contributed by atoms with Gasteiger partial charge in [0.2, 0.25) is 5.91 Å². The zero-order valence-corrected chi connectivity index (χ0v) is 17.5. The average Bonchev–Trinajstić information content (AvgIpc) is 3.10. The first-order valence-corrected chi connectivity index (χ1v) is 9.94. The van der Waals surface area contributed by atoms with Crippen molar-refractivity contribution < 1.29 is 9.59 Å². The van der Waals surface area contributed by atoms with Gasteiger partial charge in [0, 0.05) is 12.6 Å². The van der Waals surface area contributed by atoms with E-state index in [0.717, 1.165) is 12.8 Å². The molecule has 28 heavy (non-hydrogen) atoms. The zero-order chi connectivity index (χ0) is 20.5. The first kappa shape index (κ1) is 20.1. The van der Waals surface area contributed by atoms with Crippen LogP contribution in [-0.2, 0) is 16.6 Å². The van der Waals surface area contributed by atoms with Crippen LogP contribution in [0.4, 0.5) is 0 Å². The van der Waals surface area contributed by atoms with Crippen LogP contribution in [0, 0.1) is 0 Å². The second kappa shape index (κ2) is 7.78. The molecule has 2 unspecified atom stereocenters. The van der Waals surface area contributed by atoms with Gasteiger partial charge in [-0.15, -0.1) is 0 Å². The lowest BCUT2D eigenvalue weighted by atomic mass is 9.86. The van der Waals surface area contributed by atoms with Crippen LogP contribution >= 0.6 is 0 Å². The molecule has 3 rings (SSSR count). The number of rotatable bonds is 4. The Morgan fingerprint density at radius 2 is 1.71 bits per heavy atom. The molecular formula is C24H30N2O2. The maximum absolute atomic E-state index is 12.9. The summed E-state index contributed by atoms with van der Waals surface area (Å²) < 4.78 is 0. The monoisotopic (exact) mass is 378 g/mol. The number of nitrogens with one attached hydrogen (secondary N) is 1. The minimum Gasteiger partial charge on any atom is -0.341 e. The third-order valence-electron chi connectivity index (χ3n) is 5.65. The van der Waals surface area contributed by atoms with E-state index in [1.165, 1.54) is 16.7 Å². The molecule has 0 fully saturated rings. The molecule has 0 heterocycles. The highest BCUT2D eigenvalue weighted by molar-refractivity contribution is 5.97. The fraction of sp³-hybridized carbons (Fsp3) is 0.417. The van der Waals surface area contributed by atoms with E-state index in [4.69, 9.17) is 0 Å². The van der Waals surface area contributed by atoms with Crippen molar-refractivity contribution in [3.63, 3.8) is 0 Å². The fourth-order valence-corrected chi connectivity index (χ4v) is 3.86. The largest absolute Gasteiger partial charge is 0.341 e. The standard InChI is InChI=1S/C24H30N2O2/c1-16(25-22(27)18-10-13-19(14-11-18)24(2,3)4)23(28)26(5)21-15-12-17-8-6-7-9-20(17)21/h6-11,13-14,16,21H,12,15H2,1-5H3,(H,25,27). The zero-order valence-electron chi connectivity index (χ0n) is 17.5. The number of fused-ring (bicyclic) bond motifs is 1. The summed E-state index contributed by atoms with van der Waals surface area (Å²) in [6, 6.07) is 15.4. The number of likely N-dealkylation sites (N-methyl/N-ethyl adjacent to an activating group) is 1. The number of hydrogen-bond donors (Lipinski definition) is 1. The molecule has 0 radical (unpaired) electrons. The maximum Gasteiger partial charge on any atom is 0.251 e. The average molecular weight is 379 g/mol. The summed E-state index contributed by atoms with van der Waals surface area (Å²) in [6.07, 6.45) is 1.91. The fourth-order valence-electron chi connectivity index (χ4n) is 3.86. The molecule has 0 aliphatic heterocycles. The number of aryl methyl sites for hydroxylation is 1. The maximum atomic E-state index is 12.9. The summed E-state index contributed by atoms with van der Waals surface area (Å²) in [7, 11) is 1.83. The van der Waals surface area contributed by atoms with Crippen LogP contribution in [0.25, 0.3) is 0 Å². The van der Waals surface area contributed by atoms with Gasteiger partial charge in [-0.2, -0.15) is 0 Å². The van der Waals surface area contributed by atoms with Crippen LogP contribution in [-0.4, -0.2) is 29.8 Å². The van der Waals surface area contributed by atoms with Crippen molar-refractivity contribution in [2.45, 2.75) is 58.0 Å². The number of carbonyl (C=O) groups is 2. The summed E-state index contributed by atoms with van der Waals surface area (Å²) in [6.45, 7) is 8.17. The third kappa shape index (κ3) is 4.11. The summed E-state index contributed by atoms with van der Waals surface area (Å²) in [5.41, 5.74) is 4.31. The number of carbonyl (C=O) groups excluding carboxylic acids is 2. The SMILES string of the molecule is CC(NC(=O)c1ccc(C(C)(C)C)cc1)C(=O)N(C)C1CCc2ccccc21. The van der Waals surface area contributed by atoms with E-state index in [1.807, 2.05) is 43.4 Å². The second-order valence-electron chi connectivity index (χ2n) is 8.72. The molecule has 0 saturated heterocycles. The van der Waals surface area contributed by atoms with Crippen molar-refractivity contribution in [1.29, 1.82) is 0 Å². The molecule has 2 amide bonds. The van der Waals surface area contributed by atoms with Crippen LogP contribution in [0.15, 0.2) is 48.5 Å². The molecular weight excluding hydrogens is 348 g/mol. The van der Waals surface area contributed by atoms with Gasteiger partial charge in [0.1, 0.15) is 6.04 Å². The Balaban J connectivity index is 1.65. The molecule has 0 bridgehead atoms. The van der Waals surface area contributed by atoms with Crippen molar-refractivity contribution in [2.24, 2.45) is 0 Å². The highest BCUT2D eigenvalue weighted by Crippen LogP contribution is 2.35. The molecule has 1 aliphatic rings. The molecule has 0 saturated carbocycles. The molecule has 2 aromatic rings. The van der Waals surface area contributed by atoms with Gasteiger partial charge in [0.05, 0.1) is 6.04 Å². The molecule has 148 valence electrons. The molecule has 2 aromatic carbocycles. The Kier molecular flexibility index (Phi) is 5.59. The number of benzene rings is 2. The topological polar surface area (TPSA) is 49.4 Å². The third-order valence-corrected chi connectivity index (χ3v) is 5.65. The van der Waals surface area contributed by atoms with Crippen molar-refractivity contribution in [1.82, 2.24) is 10.2 Å². The van der Waals surface area contributed by atoms with Crippen LogP contribution in [0.1, 0.15) is 67.2 Å². The molecule has 1 N–H and O–H groups in total. The van der Waals surface area contributed by atoms with Crippen molar-refractivity contribution in [2.75, 3.05) is 7.05 Å². The van der Waals surface area contributed by atoms with Gasteiger partial charge in [-0.05, 0) is 54.0 Å². The van der Waals surface area contributed by atoms with E-state index in [9.17, 15) is 9.59 Å². The number of hydrogen-bond acceptors (Lipinski definition) is 2. The van der Waals surface area contributed by atoms with Gasteiger partial charge in [0.25, 0.3) is 5.91 Å². The highest BCUT2D eigenvalue weighted by Gasteiger charge is 2.31. The van der Waals surface area contributed by atoms with Crippen LogP contribution in [0.3, 0.4) is 0 Å². The lowest BCUT2D eigenvalue weighted by molar-refractivity contribution is -0.133. The first-order chi connectivity index (χ1) is 13.2. The van der Waals surface area contributed by atoms with E-state index < -0.39 is 6.04 Å². The predicted octanol–water partition coefficient (Wildman–Crippen LogP) is 4.25. The molecule has 4 heteroatoms. The number of nitrogens with zero attached hydrogens (tertiary/aromatic N) is 1. The van der Waals surface area contributed by atoms with E-state index in [-0.39, 0.29) is 23.3 Å². The Hall–Kier alpha value is -2.62. The molecule has 1 aliphatic carbocycles. The van der Waals surface area contributed by atoms with Crippen LogP contribution < -0.4 is 5.32 Å². The molecule has 0 spiro atoms. The Bertz CT molecular complexity index is 865. The highest BCUT2D eigenvalue weighted by atomic mass is 16.2. The molecule has 4 nitrogen and oxygen atoms in total. The normalized spacial score (nSPS) is 17.0. The van der Waals surface area contributed by atoms with E-state index in [0.29, 0.717) is 5.56 Å². The van der Waals surface area contributed by atoms with Crippen molar-refractivity contribution in [3.05, 3.63) is 70.8 Å². The van der Waals surface area contributed by atoms with Crippen LogP contribution in [0.2, 0.25) is 0 Å². The molecule has 2 atom stereocenters. The Morgan fingerprint density at radius 3 is 2.36 bits per heavy atom. The number of amides is 2. The van der Waals surface area contributed by atoms with E-state index in [1.54, 1.807) is 11.8 Å². The summed E-state index contributed by atoms with van der Waals surface area (Å²) in [5, 5.41) is 2.85. The van der Waals surface area contributed by atoms with E-state index >= 15 is 0 Å². The minimum atomic E-state index is -0.576. The summed E-state index contributed by atoms with van der Waals surface area (Å²) >= 11 is 0. The van der Waals surface area contributed by atoms with Gasteiger partial charge < -0.3 is 10.2 Å². The van der Waals surface area contributed by atoms with Gasteiger partial charge in [-0.1, -0.05) is 57.2 Å². The minimum absolute atomic E-state index is 0.0402. The Labute approximate surface area is 167 Å². The molecule has 0 aromatic heterocycles. The Morgan fingerprint density at radius 1 is 1.07 bits per heavy atom. The lowest BCUT2D eigenvalue weighted by Crippen LogP contribution is -2.46. The van der Waals surface area contributed by atoms with Gasteiger partial charge >= 0.3 is 0 Å². The van der Waals surface area contributed by atoms with Gasteiger partial charge in [-0.3, -0.25) is 9.59 Å². The quantitative estimate of drug-likeness (QED) is 0.865. The first-order valence-electron chi connectivity index (χ1n) is 9.94. The van der Waals surface area contributed by atoms with E-state index in [2.05, 4.69) is 38.2 Å². The van der Waals surface area contributed by atoms with Gasteiger partial charge in [0.15, 0.2) is 0 Å². The van der Waals surface area contributed by atoms with Crippen LogP contribution in [0.5, 0.6) is 0 Å². The predicted molar refractivity (Wildman–Crippen MR) is 112 cm³/mol. The second-order valence-corrected chi connectivity index (χ2v) is 8.72. The summed E-state index contributed by atoms with van der Waals surface area (Å²) in [5.74, 6) is -0.289. The smallest absolute Gasteiger partial charge is 0.251 e. The summed E-state index contributed by atoms with van der Waals surface area (Å²) in [4.78, 5) is 27.3. The van der Waals surface area contributed by atoms with Crippen molar-refractivity contribution in [3.8, 4) is 0 Å². The van der Waals surface area contributed by atoms with Gasteiger partial charge in [-0.25, -0.2) is 0 Å². The van der Waals surface area contributed by atoms with Crippen molar-refractivity contribution >= 4 is 11.8 Å². The lowest BCUT2D eigenvalue weighted by Gasteiger charge is -2.28.